The average molecular weight is 540 g/mol. The van der Waals surface area contributed by atoms with Crippen molar-refractivity contribution in [2.75, 3.05) is 11.9 Å². The summed E-state index contributed by atoms with van der Waals surface area (Å²) < 4.78 is 0. The second kappa shape index (κ2) is 9.06. The van der Waals surface area contributed by atoms with E-state index in [0.717, 1.165) is 0 Å². The largest absolute Gasteiger partial charge is 0.344 e. The number of hydrogen-bond acceptors (Lipinski definition) is 1. The second-order valence-electron chi connectivity index (χ2n) is 12.3. The van der Waals surface area contributed by atoms with Crippen LogP contribution in [0, 0.1) is 6.92 Å². The summed E-state index contributed by atoms with van der Waals surface area (Å²) in [6.45, 7) is 6.91. The molecular formula is C41H33N. The van der Waals surface area contributed by atoms with Crippen molar-refractivity contribution >= 4 is 43.7 Å². The molecule has 7 aromatic rings. The molecule has 0 N–H and O–H groups in total. The van der Waals surface area contributed by atoms with Gasteiger partial charge in [-0.25, -0.2) is 0 Å². The first-order chi connectivity index (χ1) is 20.4. The number of benzene rings is 7. The summed E-state index contributed by atoms with van der Waals surface area (Å²) in [5, 5.41) is 7.73. The van der Waals surface area contributed by atoms with E-state index in [-0.39, 0.29) is 5.41 Å². The van der Waals surface area contributed by atoms with Gasteiger partial charge in [0.1, 0.15) is 0 Å². The van der Waals surface area contributed by atoms with E-state index in [9.17, 15) is 0 Å². The van der Waals surface area contributed by atoms with Gasteiger partial charge in [-0.3, -0.25) is 0 Å². The fourth-order valence-electron chi connectivity index (χ4n) is 7.40. The highest BCUT2D eigenvalue weighted by Crippen LogP contribution is 2.51. The van der Waals surface area contributed by atoms with Crippen LogP contribution in [-0.2, 0) is 5.41 Å². The smallest absolute Gasteiger partial charge is 0.0455 e. The van der Waals surface area contributed by atoms with Crippen molar-refractivity contribution in [3.05, 3.63) is 144 Å². The summed E-state index contributed by atoms with van der Waals surface area (Å²) >= 11 is 0. The lowest BCUT2D eigenvalue weighted by Gasteiger charge is -2.40. The molecule has 0 spiro atoms. The third-order valence-electron chi connectivity index (χ3n) is 9.50. The number of fused-ring (bicyclic) bond motifs is 5. The summed E-state index contributed by atoms with van der Waals surface area (Å²) in [7, 11) is 2.21. The maximum absolute atomic E-state index is 2.42. The van der Waals surface area contributed by atoms with E-state index < -0.39 is 0 Å². The van der Waals surface area contributed by atoms with E-state index in [4.69, 9.17) is 0 Å². The van der Waals surface area contributed by atoms with E-state index in [0.29, 0.717) is 0 Å². The Morgan fingerprint density at radius 3 is 1.98 bits per heavy atom. The molecule has 1 aliphatic rings. The molecule has 0 aliphatic carbocycles. The van der Waals surface area contributed by atoms with Crippen LogP contribution in [-0.4, -0.2) is 7.05 Å². The highest BCUT2D eigenvalue weighted by molar-refractivity contribution is 6.23. The van der Waals surface area contributed by atoms with Gasteiger partial charge in [0.2, 0.25) is 0 Å². The number of nitrogens with zero attached hydrogens (tertiary/aromatic N) is 1. The van der Waals surface area contributed by atoms with Crippen molar-refractivity contribution in [1.29, 1.82) is 0 Å². The lowest BCUT2D eigenvalue weighted by atomic mass is 9.73. The maximum Gasteiger partial charge on any atom is 0.0455 e. The molecule has 1 nitrogen and oxygen atoms in total. The highest BCUT2D eigenvalue weighted by Gasteiger charge is 2.35. The van der Waals surface area contributed by atoms with Crippen LogP contribution in [0.15, 0.2) is 127 Å². The Labute approximate surface area is 247 Å². The Morgan fingerprint density at radius 2 is 1.14 bits per heavy atom. The zero-order chi connectivity index (χ0) is 28.6. The molecule has 8 rings (SSSR count). The predicted molar refractivity (Wildman–Crippen MR) is 181 cm³/mol. The normalized spacial score (nSPS) is 13.9. The fraction of sp³-hybridized carbons (Fsp3) is 0.122. The van der Waals surface area contributed by atoms with Gasteiger partial charge < -0.3 is 4.90 Å². The van der Waals surface area contributed by atoms with Gasteiger partial charge in [-0.2, -0.15) is 0 Å². The van der Waals surface area contributed by atoms with Gasteiger partial charge in [0.15, 0.2) is 0 Å². The van der Waals surface area contributed by atoms with Crippen LogP contribution < -0.4 is 4.90 Å². The molecule has 0 unspecified atom stereocenters. The SMILES string of the molecule is Cc1ccc2c(-c3cccc4ccccc34)c3ccccc3c(-c3ccc4c(c3)N(C)c3ccccc3C4(C)C)c2c1. The van der Waals surface area contributed by atoms with Gasteiger partial charge in [0.25, 0.3) is 0 Å². The second-order valence-corrected chi connectivity index (χ2v) is 12.3. The number of anilines is 2. The number of rotatable bonds is 2. The van der Waals surface area contributed by atoms with E-state index in [2.05, 4.69) is 160 Å². The number of para-hydroxylation sites is 1. The van der Waals surface area contributed by atoms with Crippen molar-refractivity contribution in [3.63, 3.8) is 0 Å². The molecule has 0 radical (unpaired) electrons. The van der Waals surface area contributed by atoms with Gasteiger partial charge in [0.05, 0.1) is 0 Å². The van der Waals surface area contributed by atoms with Crippen molar-refractivity contribution in [3.8, 4) is 22.3 Å². The first kappa shape index (κ1) is 24.9. The van der Waals surface area contributed by atoms with Gasteiger partial charge >= 0.3 is 0 Å². The van der Waals surface area contributed by atoms with Crippen molar-refractivity contribution in [2.45, 2.75) is 26.2 Å². The molecule has 42 heavy (non-hydrogen) atoms. The lowest BCUT2D eigenvalue weighted by Crippen LogP contribution is -2.30. The Kier molecular flexibility index (Phi) is 5.37. The van der Waals surface area contributed by atoms with Crippen LogP contribution in [0.3, 0.4) is 0 Å². The Bertz CT molecular complexity index is 2200. The molecule has 1 aliphatic heterocycles. The van der Waals surface area contributed by atoms with Crippen LogP contribution in [0.5, 0.6) is 0 Å². The zero-order valence-corrected chi connectivity index (χ0v) is 24.6. The summed E-state index contributed by atoms with van der Waals surface area (Å²) in [6.07, 6.45) is 0. The summed E-state index contributed by atoms with van der Waals surface area (Å²) in [5.41, 5.74) is 11.7. The molecule has 0 fully saturated rings. The van der Waals surface area contributed by atoms with Gasteiger partial charge in [-0.1, -0.05) is 135 Å². The minimum absolute atomic E-state index is 0.0735. The van der Waals surface area contributed by atoms with Gasteiger partial charge in [0, 0.05) is 23.8 Å². The highest BCUT2D eigenvalue weighted by atomic mass is 15.1. The Balaban J connectivity index is 1.46. The third kappa shape index (κ3) is 3.50. The molecular weight excluding hydrogens is 506 g/mol. The first-order valence-electron chi connectivity index (χ1n) is 14.8. The van der Waals surface area contributed by atoms with Crippen molar-refractivity contribution in [1.82, 2.24) is 0 Å². The average Bonchev–Trinajstić information content (AvgIpc) is 3.02. The Hall–Kier alpha value is -4.88. The minimum atomic E-state index is -0.0735. The topological polar surface area (TPSA) is 3.24 Å². The standard InChI is InChI=1S/C41H33N/c1-26-20-22-33-34(24-26)39(28-21-23-36-38(25-28)42(4)37-19-10-9-18-35(37)41(36,2)3)31-15-7-8-16-32(31)40(33)30-17-11-13-27-12-5-6-14-29(27)30/h5-25H,1-4H3. The molecule has 7 aromatic carbocycles. The van der Waals surface area contributed by atoms with Crippen LogP contribution in [0.4, 0.5) is 11.4 Å². The monoisotopic (exact) mass is 539 g/mol. The molecule has 202 valence electrons. The molecule has 0 saturated heterocycles. The Morgan fingerprint density at radius 1 is 0.500 bits per heavy atom. The summed E-state index contributed by atoms with van der Waals surface area (Å²) in [6, 6.07) is 47.4. The van der Waals surface area contributed by atoms with Crippen molar-refractivity contribution < 1.29 is 0 Å². The van der Waals surface area contributed by atoms with Crippen LogP contribution in [0.2, 0.25) is 0 Å². The molecule has 1 heterocycles. The maximum atomic E-state index is 2.42. The van der Waals surface area contributed by atoms with Gasteiger partial charge in [-0.05, 0) is 84.8 Å². The molecule has 0 aromatic heterocycles. The van der Waals surface area contributed by atoms with E-state index in [1.807, 2.05) is 0 Å². The number of aryl methyl sites for hydroxylation is 1. The summed E-state index contributed by atoms with van der Waals surface area (Å²) in [4.78, 5) is 2.37. The lowest BCUT2D eigenvalue weighted by molar-refractivity contribution is 0.629. The summed E-state index contributed by atoms with van der Waals surface area (Å²) in [5.74, 6) is 0. The molecule has 0 saturated carbocycles. The molecule has 1 heteroatoms. The zero-order valence-electron chi connectivity index (χ0n) is 24.6. The van der Waals surface area contributed by atoms with Crippen molar-refractivity contribution in [2.24, 2.45) is 0 Å². The quantitative estimate of drug-likeness (QED) is 0.198. The van der Waals surface area contributed by atoms with E-state index in [1.165, 1.54) is 82.6 Å². The first-order valence-corrected chi connectivity index (χ1v) is 14.8. The van der Waals surface area contributed by atoms with E-state index in [1.54, 1.807) is 0 Å². The molecule has 0 amide bonds. The predicted octanol–water partition coefficient (Wildman–Crippen LogP) is 11.2. The van der Waals surface area contributed by atoms with Crippen LogP contribution in [0.1, 0.15) is 30.5 Å². The third-order valence-corrected chi connectivity index (χ3v) is 9.50. The fourth-order valence-corrected chi connectivity index (χ4v) is 7.40. The number of hydrogen-bond donors (Lipinski definition) is 0. The van der Waals surface area contributed by atoms with Gasteiger partial charge in [-0.15, -0.1) is 0 Å². The molecule has 0 bridgehead atoms. The van der Waals surface area contributed by atoms with Crippen LogP contribution >= 0.6 is 0 Å². The van der Waals surface area contributed by atoms with Crippen LogP contribution in [0.25, 0.3) is 54.6 Å². The molecule has 0 atom stereocenters. The van der Waals surface area contributed by atoms with E-state index >= 15 is 0 Å². The minimum Gasteiger partial charge on any atom is -0.344 e.